The first kappa shape index (κ1) is 44.7. The van der Waals surface area contributed by atoms with Gasteiger partial charge in [0.2, 0.25) is 11.9 Å². The number of benzene rings is 1. The maximum absolute atomic E-state index is 16.5. The molecule has 1 aromatic carbocycles. The minimum atomic E-state index is -4.28. The largest absolute Gasteiger partial charge is 0.566 e. The summed E-state index contributed by atoms with van der Waals surface area (Å²) in [5, 5.41) is 39.9. The number of rotatable bonds is 17. The highest BCUT2D eigenvalue weighted by Crippen LogP contribution is 2.55. The summed E-state index contributed by atoms with van der Waals surface area (Å²) < 4.78 is 79.8. The molecule has 30 heteroatoms. The second kappa shape index (κ2) is 19.0. The van der Waals surface area contributed by atoms with Crippen LogP contribution in [0.1, 0.15) is 43.1 Å². The summed E-state index contributed by atoms with van der Waals surface area (Å²) in [5.74, 6) is -1.94. The van der Waals surface area contributed by atoms with E-state index in [-0.39, 0.29) is 40.5 Å². The molecule has 62 heavy (non-hydrogen) atoms. The van der Waals surface area contributed by atoms with Gasteiger partial charge in [-0.3, -0.25) is 29.2 Å². The van der Waals surface area contributed by atoms with Crippen molar-refractivity contribution in [3.63, 3.8) is 0 Å². The van der Waals surface area contributed by atoms with Gasteiger partial charge in [0.15, 0.2) is 59.0 Å². The number of nitriles is 1. The molecule has 4 N–H and O–H groups in total. The van der Waals surface area contributed by atoms with Crippen molar-refractivity contribution in [2.75, 3.05) is 30.5 Å². The molecule has 2 aliphatic heterocycles. The minimum absolute atomic E-state index is 0.0370. The highest BCUT2D eigenvalue weighted by molar-refractivity contribution is 8.07. The van der Waals surface area contributed by atoms with Crippen molar-refractivity contribution in [2.24, 2.45) is 5.92 Å². The zero-order valence-corrected chi connectivity index (χ0v) is 34.6. The van der Waals surface area contributed by atoms with E-state index in [1.165, 1.54) is 0 Å². The van der Waals surface area contributed by atoms with Gasteiger partial charge in [-0.1, -0.05) is 42.5 Å². The van der Waals surface area contributed by atoms with Gasteiger partial charge in [0.05, 0.1) is 32.3 Å². The Balaban J connectivity index is 1.11. The summed E-state index contributed by atoms with van der Waals surface area (Å²) >= 11 is 5.56. The lowest BCUT2D eigenvalue weighted by Crippen LogP contribution is -2.34. The van der Waals surface area contributed by atoms with Crippen LogP contribution in [0.3, 0.4) is 0 Å². The van der Waals surface area contributed by atoms with Gasteiger partial charge in [-0.05, 0) is 28.5 Å². The molecule has 2 saturated heterocycles. The molecular formula is C32H33F2N13O12P2S. The SMILES string of the molecule is CC(C)C(=O)Nc1nc2c(nnn2[C@@H]2O[C@H](COP(=S)(OCCC#N)O[C@H]3[C@H](F)[C@H](n4nnc5c(NC(=O)c6ccccc6)ncnc54)O[C@@H]3CO)[C@@H](F)[C@@H]2O[P+](=O)[O-])c(=O)[nH]1. The van der Waals surface area contributed by atoms with Crippen molar-refractivity contribution in [1.29, 1.82) is 5.26 Å². The fourth-order valence-electron chi connectivity index (χ4n) is 6.15. The molecule has 25 nitrogen and oxygen atoms in total. The third kappa shape index (κ3) is 9.38. The van der Waals surface area contributed by atoms with E-state index in [2.05, 4.69) is 51.2 Å². The highest BCUT2D eigenvalue weighted by atomic mass is 32.5. The lowest BCUT2D eigenvalue weighted by molar-refractivity contribution is -0.194. The van der Waals surface area contributed by atoms with Crippen molar-refractivity contribution in [2.45, 2.75) is 69.5 Å². The molecule has 2 amide bonds. The van der Waals surface area contributed by atoms with Crippen LogP contribution in [0.4, 0.5) is 20.5 Å². The summed E-state index contributed by atoms with van der Waals surface area (Å²) in [7, 11) is -3.72. The predicted molar refractivity (Wildman–Crippen MR) is 205 cm³/mol. The van der Waals surface area contributed by atoms with Crippen molar-refractivity contribution in [3.05, 3.63) is 52.6 Å². The Morgan fingerprint density at radius 2 is 1.76 bits per heavy atom. The van der Waals surface area contributed by atoms with E-state index in [0.717, 1.165) is 15.7 Å². The minimum Gasteiger partial charge on any atom is -0.566 e. The third-order valence-corrected chi connectivity index (χ3v) is 11.9. The molecule has 0 aliphatic carbocycles. The molecule has 6 heterocycles. The van der Waals surface area contributed by atoms with Gasteiger partial charge in [-0.25, -0.2) is 18.7 Å². The van der Waals surface area contributed by atoms with Crippen molar-refractivity contribution >= 4 is 72.7 Å². The molecule has 4 aromatic heterocycles. The van der Waals surface area contributed by atoms with Gasteiger partial charge in [-0.2, -0.15) is 19.6 Å². The molecule has 2 aliphatic rings. The number of fused-ring (bicyclic) bond motifs is 2. The molecule has 328 valence electrons. The van der Waals surface area contributed by atoms with E-state index in [9.17, 15) is 28.9 Å². The smallest absolute Gasteiger partial charge is 0.489 e. The summed E-state index contributed by atoms with van der Waals surface area (Å²) in [4.78, 5) is 64.3. The van der Waals surface area contributed by atoms with Gasteiger partial charge >= 0.3 is 15.0 Å². The number of anilines is 2. The second-order valence-corrected chi connectivity index (χ2v) is 17.2. The Hall–Kier alpha value is -5.30. The van der Waals surface area contributed by atoms with E-state index < -0.39 is 107 Å². The van der Waals surface area contributed by atoms with Gasteiger partial charge < -0.3 is 33.8 Å². The number of hydrogen-bond acceptors (Lipinski definition) is 21. The van der Waals surface area contributed by atoms with Crippen LogP contribution >= 0.6 is 15.0 Å². The molecule has 2 fully saturated rings. The van der Waals surface area contributed by atoms with Gasteiger partial charge in [0.25, 0.3) is 11.5 Å². The first-order valence-corrected chi connectivity index (χ1v) is 21.9. The number of aliphatic hydroxyl groups is 1. The quantitative estimate of drug-likeness (QED) is 0.0747. The molecule has 0 radical (unpaired) electrons. The number of H-pyrrole nitrogens is 1. The lowest BCUT2D eigenvalue weighted by Gasteiger charge is -2.28. The zero-order valence-electron chi connectivity index (χ0n) is 32.0. The Morgan fingerprint density at radius 3 is 2.45 bits per heavy atom. The average Bonchev–Trinajstić information content (AvgIpc) is 4.02. The fourth-order valence-corrected chi connectivity index (χ4v) is 8.66. The monoisotopic (exact) mass is 923 g/mol. The Kier molecular flexibility index (Phi) is 13.7. The summed E-state index contributed by atoms with van der Waals surface area (Å²) in [6, 6.07) is 10.0. The Morgan fingerprint density at radius 1 is 1.05 bits per heavy atom. The van der Waals surface area contributed by atoms with Crippen LogP contribution in [0, 0.1) is 17.2 Å². The number of ether oxygens (including phenoxy) is 2. The van der Waals surface area contributed by atoms with E-state index in [0.29, 0.717) is 5.56 Å². The standard InChI is InChI=1S/C32H33F2N13O12P2S/c1-14(2)27(49)40-32-39-26-21(29(51)41-32)43-45-47(26)31-23(58-60(52)53)18(33)17(57-31)12-55-61(62,54-10-6-9-35)59-22-16(11-48)56-30(19(22)34)46-25-20(42-44-46)24(36-13-37-25)38-28(50)15-7-4-3-5-8-15/h3-5,7-8,13-14,16-19,22-23,30-31,48H,6,10-12H2,1-2H3,(H,36,37,38,50)(H2,39,40,41,49,51)/t16-,17-,18-,19+,22-,23+,30-,31-,61?/m1/s1. The van der Waals surface area contributed by atoms with Crippen LogP contribution in [0.2, 0.25) is 0 Å². The predicted octanol–water partition coefficient (Wildman–Crippen LogP) is 1.02. The first-order chi connectivity index (χ1) is 29.7. The van der Waals surface area contributed by atoms with Crippen LogP contribution in [0.25, 0.3) is 22.3 Å². The number of amides is 2. The van der Waals surface area contributed by atoms with E-state index in [4.69, 9.17) is 44.6 Å². The number of aromatic nitrogens is 10. The number of aromatic amines is 1. The van der Waals surface area contributed by atoms with Crippen LogP contribution in [-0.4, -0.2) is 123 Å². The molecular weight excluding hydrogens is 890 g/mol. The second-order valence-electron chi connectivity index (χ2n) is 13.6. The number of carbonyl (C=O) groups excluding carboxylic acids is 2. The molecule has 0 bridgehead atoms. The topological polar surface area (TPSA) is 331 Å². The number of carbonyl (C=O) groups is 2. The van der Waals surface area contributed by atoms with Crippen molar-refractivity contribution < 1.29 is 60.5 Å². The van der Waals surface area contributed by atoms with Crippen LogP contribution in [0.5, 0.6) is 0 Å². The van der Waals surface area contributed by atoms with E-state index >= 15 is 8.78 Å². The summed E-state index contributed by atoms with van der Waals surface area (Å²) in [6.45, 7) is -3.23. The summed E-state index contributed by atoms with van der Waals surface area (Å²) in [6.07, 6.45) is -14.1. The van der Waals surface area contributed by atoms with Crippen LogP contribution in [-0.2, 0) is 48.7 Å². The molecule has 5 aromatic rings. The molecule has 10 atom stereocenters. The number of hydrogen-bond donors (Lipinski definition) is 4. The molecule has 2 unspecified atom stereocenters. The number of nitrogens with one attached hydrogen (secondary N) is 3. The lowest BCUT2D eigenvalue weighted by atomic mass is 10.1. The third-order valence-electron chi connectivity index (χ3n) is 9.14. The van der Waals surface area contributed by atoms with Gasteiger partial charge in [0, 0.05) is 11.5 Å². The fraction of sp³-hybridized carbons (Fsp3) is 0.469. The van der Waals surface area contributed by atoms with Gasteiger partial charge in [-0.15, -0.1) is 14.7 Å². The number of nitrogens with zero attached hydrogens (tertiary/aromatic N) is 10. The number of aliphatic hydroxyl groups excluding tert-OH is 1. The van der Waals surface area contributed by atoms with E-state index in [1.807, 2.05) is 6.07 Å². The summed E-state index contributed by atoms with van der Waals surface area (Å²) in [5.41, 5.74) is -1.40. The zero-order chi connectivity index (χ0) is 44.3. The Labute approximate surface area is 352 Å². The highest BCUT2D eigenvalue weighted by Gasteiger charge is 2.54. The van der Waals surface area contributed by atoms with Gasteiger partial charge in [0.1, 0.15) is 24.6 Å². The maximum Gasteiger partial charge on any atom is 0.489 e. The maximum atomic E-state index is 16.5. The number of alkyl halides is 2. The normalized spacial score (nSPS) is 24.9. The van der Waals surface area contributed by atoms with E-state index in [1.54, 1.807) is 44.2 Å². The van der Waals surface area contributed by atoms with Crippen LogP contribution < -0.4 is 21.1 Å². The van der Waals surface area contributed by atoms with Crippen LogP contribution in [0.15, 0.2) is 41.5 Å². The number of halogens is 2. The van der Waals surface area contributed by atoms with Crippen molar-refractivity contribution in [1.82, 2.24) is 49.9 Å². The average molecular weight is 924 g/mol. The molecule has 0 saturated carbocycles. The first-order valence-electron chi connectivity index (χ1n) is 18.3. The molecule has 7 rings (SSSR count). The van der Waals surface area contributed by atoms with Crippen molar-refractivity contribution in [3.8, 4) is 6.07 Å². The molecule has 0 spiro atoms. The Bertz CT molecular complexity index is 2620.